The minimum absolute atomic E-state index is 0. The molecule has 0 atom stereocenters. The van der Waals surface area contributed by atoms with Gasteiger partial charge in [0.1, 0.15) is 5.75 Å². The second kappa shape index (κ2) is 13.6. The van der Waals surface area contributed by atoms with Crippen LogP contribution in [0.3, 0.4) is 0 Å². The zero-order chi connectivity index (χ0) is 27.2. The van der Waals surface area contributed by atoms with Crippen molar-refractivity contribution in [1.82, 2.24) is 10.4 Å². The number of amides is 1. The Kier molecular flexibility index (Phi) is 10.8. The van der Waals surface area contributed by atoms with Gasteiger partial charge in [0.25, 0.3) is 5.91 Å². The number of carbonyl (C=O) groups excluding carboxylic acids is 1. The van der Waals surface area contributed by atoms with E-state index in [9.17, 15) is 18.4 Å². The SMILES string of the molecule is CCN1CCC(C(=O)NO)(S(=O)(=O)c2ccc(OCCCc3cccc(-c4ccc(Cl)cc4)c3)cc2)CC1.Cl. The average Bonchev–Trinajstić information content (AvgIpc) is 2.95. The molecule has 1 saturated heterocycles. The molecule has 39 heavy (non-hydrogen) atoms. The van der Waals surface area contributed by atoms with Crippen molar-refractivity contribution in [2.24, 2.45) is 0 Å². The first kappa shape index (κ1) is 30.9. The van der Waals surface area contributed by atoms with Gasteiger partial charge >= 0.3 is 0 Å². The molecule has 1 heterocycles. The number of aryl methyl sites for hydroxylation is 1. The van der Waals surface area contributed by atoms with Gasteiger partial charge < -0.3 is 9.64 Å². The van der Waals surface area contributed by atoms with Crippen LogP contribution in [0.5, 0.6) is 5.75 Å². The minimum atomic E-state index is -4.04. The fraction of sp³-hybridized carbons (Fsp3) is 0.345. The molecule has 10 heteroatoms. The van der Waals surface area contributed by atoms with Crippen molar-refractivity contribution in [3.63, 3.8) is 0 Å². The average molecular weight is 594 g/mol. The summed E-state index contributed by atoms with van der Waals surface area (Å²) in [4.78, 5) is 14.7. The molecule has 210 valence electrons. The normalized spacial score (nSPS) is 15.3. The third-order valence-electron chi connectivity index (χ3n) is 7.26. The first-order valence-electron chi connectivity index (χ1n) is 12.8. The molecular weight excluding hydrogens is 559 g/mol. The van der Waals surface area contributed by atoms with E-state index in [1.807, 2.05) is 37.3 Å². The van der Waals surface area contributed by atoms with Crippen LogP contribution in [0.25, 0.3) is 11.1 Å². The summed E-state index contributed by atoms with van der Waals surface area (Å²) in [6.07, 6.45) is 1.86. The summed E-state index contributed by atoms with van der Waals surface area (Å²) in [7, 11) is -4.04. The monoisotopic (exact) mass is 592 g/mol. The molecule has 0 saturated carbocycles. The Morgan fingerprint density at radius 3 is 2.31 bits per heavy atom. The molecule has 0 radical (unpaired) electrons. The highest BCUT2D eigenvalue weighted by Gasteiger charge is 2.52. The summed E-state index contributed by atoms with van der Waals surface area (Å²) in [6.45, 7) is 4.17. The van der Waals surface area contributed by atoms with Gasteiger partial charge in [0, 0.05) is 18.1 Å². The first-order chi connectivity index (χ1) is 18.3. The highest BCUT2D eigenvalue weighted by Crippen LogP contribution is 2.36. The molecule has 0 spiro atoms. The molecule has 0 unspecified atom stereocenters. The predicted molar refractivity (Wildman–Crippen MR) is 156 cm³/mol. The van der Waals surface area contributed by atoms with Crippen LogP contribution in [0.4, 0.5) is 0 Å². The first-order valence-corrected chi connectivity index (χ1v) is 14.6. The van der Waals surface area contributed by atoms with Crippen LogP contribution < -0.4 is 10.2 Å². The summed E-state index contributed by atoms with van der Waals surface area (Å²) in [5.74, 6) is -0.325. The number of piperidine rings is 1. The largest absolute Gasteiger partial charge is 0.494 e. The molecular formula is C29H34Cl2N2O5S. The Bertz CT molecular complexity index is 1340. The van der Waals surface area contributed by atoms with Gasteiger partial charge in [-0.05, 0) is 85.3 Å². The number of nitrogens with one attached hydrogen (secondary N) is 1. The molecule has 3 aromatic carbocycles. The van der Waals surface area contributed by atoms with Gasteiger partial charge in [-0.25, -0.2) is 13.9 Å². The van der Waals surface area contributed by atoms with Crippen molar-refractivity contribution in [1.29, 1.82) is 0 Å². The molecule has 2 N–H and O–H groups in total. The number of benzene rings is 3. The maximum absolute atomic E-state index is 13.5. The number of likely N-dealkylation sites (tertiary alicyclic amines) is 1. The van der Waals surface area contributed by atoms with Crippen LogP contribution in [0.15, 0.2) is 77.7 Å². The Hall–Kier alpha value is -2.62. The second-order valence-corrected chi connectivity index (χ2v) is 12.2. The third kappa shape index (κ3) is 6.94. The van der Waals surface area contributed by atoms with Crippen LogP contribution in [0.2, 0.25) is 5.02 Å². The Labute approximate surface area is 241 Å². The van der Waals surface area contributed by atoms with E-state index in [0.29, 0.717) is 30.5 Å². The summed E-state index contributed by atoms with van der Waals surface area (Å²) in [5.41, 5.74) is 5.03. The summed E-state index contributed by atoms with van der Waals surface area (Å²) in [6, 6.07) is 22.3. The van der Waals surface area contributed by atoms with E-state index >= 15 is 0 Å². The van der Waals surface area contributed by atoms with Crippen LogP contribution in [0.1, 0.15) is 31.7 Å². The van der Waals surface area contributed by atoms with E-state index in [0.717, 1.165) is 30.5 Å². The lowest BCUT2D eigenvalue weighted by Gasteiger charge is -2.39. The highest BCUT2D eigenvalue weighted by molar-refractivity contribution is 7.93. The number of sulfone groups is 1. The van der Waals surface area contributed by atoms with Gasteiger partial charge in [-0.15, -0.1) is 12.4 Å². The van der Waals surface area contributed by atoms with Crippen molar-refractivity contribution in [2.45, 2.75) is 42.2 Å². The van der Waals surface area contributed by atoms with Crippen molar-refractivity contribution in [3.8, 4) is 16.9 Å². The van der Waals surface area contributed by atoms with Crippen LogP contribution in [0, 0.1) is 0 Å². The van der Waals surface area contributed by atoms with Crippen LogP contribution in [-0.4, -0.2) is 55.4 Å². The van der Waals surface area contributed by atoms with E-state index in [2.05, 4.69) is 23.1 Å². The number of hydroxylamine groups is 1. The number of carbonyl (C=O) groups is 1. The molecule has 0 bridgehead atoms. The summed E-state index contributed by atoms with van der Waals surface area (Å²) < 4.78 is 31.2. The molecule has 7 nitrogen and oxygen atoms in total. The highest BCUT2D eigenvalue weighted by atomic mass is 35.5. The van der Waals surface area contributed by atoms with Crippen LogP contribution >= 0.6 is 24.0 Å². The zero-order valence-corrected chi connectivity index (χ0v) is 24.2. The maximum atomic E-state index is 13.5. The fourth-order valence-corrected chi connectivity index (χ4v) is 6.99. The number of ether oxygens (including phenoxy) is 1. The predicted octanol–water partition coefficient (Wildman–Crippen LogP) is 5.57. The van der Waals surface area contributed by atoms with Crippen molar-refractivity contribution in [2.75, 3.05) is 26.2 Å². The van der Waals surface area contributed by atoms with Gasteiger partial charge in [0.2, 0.25) is 0 Å². The molecule has 1 fully saturated rings. The molecule has 0 aliphatic carbocycles. The lowest BCUT2D eigenvalue weighted by Crippen LogP contribution is -2.57. The van der Waals surface area contributed by atoms with Crippen LogP contribution in [-0.2, 0) is 21.1 Å². The smallest absolute Gasteiger partial charge is 0.265 e. The van der Waals surface area contributed by atoms with Gasteiger partial charge in [-0.2, -0.15) is 0 Å². The lowest BCUT2D eigenvalue weighted by atomic mass is 9.95. The van der Waals surface area contributed by atoms with Crippen molar-refractivity contribution in [3.05, 3.63) is 83.4 Å². The fourth-order valence-electron chi connectivity index (χ4n) is 4.91. The zero-order valence-electron chi connectivity index (χ0n) is 21.8. The standard InChI is InChI=1S/C29H33ClN2O5S.ClH/c1-2-32-18-16-29(17-19-32,28(33)31-34)38(35,36)27-14-12-26(13-15-27)37-20-4-6-22-5-3-7-24(21-22)23-8-10-25(30)11-9-23;/h3,5,7-15,21,34H,2,4,6,16-20H2,1H3,(H,31,33);1H. The van der Waals surface area contributed by atoms with Crippen molar-refractivity contribution < 1.29 is 23.2 Å². The molecule has 0 aromatic heterocycles. The van der Waals surface area contributed by atoms with E-state index in [4.69, 9.17) is 16.3 Å². The molecule has 1 aliphatic heterocycles. The molecule has 1 aliphatic rings. The number of nitrogens with zero attached hydrogens (tertiary/aromatic N) is 1. The van der Waals surface area contributed by atoms with Gasteiger partial charge in [-0.1, -0.05) is 54.9 Å². The Morgan fingerprint density at radius 2 is 1.69 bits per heavy atom. The number of hydrogen-bond acceptors (Lipinski definition) is 6. The summed E-state index contributed by atoms with van der Waals surface area (Å²) in [5, 5.41) is 10.0. The molecule has 3 aromatic rings. The van der Waals surface area contributed by atoms with Gasteiger partial charge in [0.15, 0.2) is 14.6 Å². The Morgan fingerprint density at radius 1 is 1.03 bits per heavy atom. The Balaban J connectivity index is 0.00000420. The van der Waals surface area contributed by atoms with E-state index in [1.165, 1.54) is 17.7 Å². The summed E-state index contributed by atoms with van der Waals surface area (Å²) >= 11 is 6.00. The van der Waals surface area contributed by atoms with Gasteiger partial charge in [0.05, 0.1) is 11.5 Å². The minimum Gasteiger partial charge on any atom is -0.494 e. The quantitative estimate of drug-likeness (QED) is 0.181. The van der Waals surface area contributed by atoms with Gasteiger partial charge in [-0.3, -0.25) is 10.0 Å². The number of hydrogen-bond donors (Lipinski definition) is 2. The molecule has 4 rings (SSSR count). The second-order valence-electron chi connectivity index (χ2n) is 9.50. The van der Waals surface area contributed by atoms with E-state index in [-0.39, 0.29) is 30.1 Å². The topological polar surface area (TPSA) is 95.9 Å². The molecule has 1 amide bonds. The van der Waals surface area contributed by atoms with E-state index < -0.39 is 20.5 Å². The van der Waals surface area contributed by atoms with Crippen molar-refractivity contribution >= 4 is 39.8 Å². The lowest BCUT2D eigenvalue weighted by molar-refractivity contribution is -0.133. The third-order valence-corrected chi connectivity index (χ3v) is 10.0. The number of halogens is 2. The van der Waals surface area contributed by atoms with E-state index in [1.54, 1.807) is 17.6 Å². The number of rotatable bonds is 10. The maximum Gasteiger partial charge on any atom is 0.265 e.